The van der Waals surface area contributed by atoms with Gasteiger partial charge in [-0.15, -0.1) is 0 Å². The molecular formula is C34H65O9P3S3. The lowest BCUT2D eigenvalue weighted by atomic mass is 10.1. The maximum Gasteiger partial charge on any atom is 0.125 e. The van der Waals surface area contributed by atoms with Crippen LogP contribution in [0, 0.1) is 0 Å². The fourth-order valence-electron chi connectivity index (χ4n) is 5.82. The van der Waals surface area contributed by atoms with E-state index in [0.717, 1.165) is 12.1 Å². The molecule has 9 nitrogen and oxygen atoms in total. The molecule has 0 radical (unpaired) electrons. The van der Waals surface area contributed by atoms with Crippen LogP contribution in [0.1, 0.15) is 83.1 Å². The Hall–Kier alpha value is -0.280. The van der Waals surface area contributed by atoms with E-state index in [1.807, 2.05) is 0 Å². The van der Waals surface area contributed by atoms with Gasteiger partial charge in [0.1, 0.15) is 30.4 Å². The van der Waals surface area contributed by atoms with Crippen molar-refractivity contribution in [1.29, 1.82) is 0 Å². The second kappa shape index (κ2) is 22.7. The zero-order valence-corrected chi connectivity index (χ0v) is 37.2. The highest BCUT2D eigenvalue weighted by molar-refractivity contribution is 7.87. The fraction of sp³-hybridized carbons (Fsp3) is 0.706. The van der Waals surface area contributed by atoms with Crippen LogP contribution in [0.25, 0.3) is 10.8 Å². The average Bonchev–Trinajstić information content (AvgIpc) is 3.07. The molecule has 0 aliphatic carbocycles. The Morgan fingerprint density at radius 1 is 0.408 bits per heavy atom. The third kappa shape index (κ3) is 16.1. The first kappa shape index (κ1) is 50.8. The van der Waals surface area contributed by atoms with Crippen molar-refractivity contribution in [3.8, 4) is 0 Å². The van der Waals surface area contributed by atoms with Crippen molar-refractivity contribution in [1.82, 2.24) is 0 Å². The third-order valence-electron chi connectivity index (χ3n) is 10.8. The van der Waals surface area contributed by atoms with Crippen molar-refractivity contribution in [3.63, 3.8) is 0 Å². The Labute approximate surface area is 302 Å². The Bertz CT molecular complexity index is 1480. The number of benzene rings is 2. The summed E-state index contributed by atoms with van der Waals surface area (Å²) in [5, 5.41) is -0.668. The molecule has 0 N–H and O–H groups in total. The molecule has 49 heavy (non-hydrogen) atoms. The summed E-state index contributed by atoms with van der Waals surface area (Å²) in [6.07, 6.45) is 17.5. The first-order chi connectivity index (χ1) is 22.5. The predicted octanol–water partition coefficient (Wildman–Crippen LogP) is 8.80. The highest BCUT2D eigenvalue weighted by atomic mass is 32.2. The zero-order valence-electron chi connectivity index (χ0n) is 32.1. The number of hydrogen-bond donors (Lipinski definition) is 0. The monoisotopic (exact) mass is 806 g/mol. The SMILES string of the molecule is CC[P+](CC)(CC)CC.CC[P+](CC)(CC)CC.CC[P+](CC)(CC)CC.O=S(=O)([O-])c1ccc2c(S(=O)(=O)[O-])cc(S(=O)(=O)[O-])cc2c1. The average molecular weight is 807 g/mol. The second-order valence-electron chi connectivity index (χ2n) is 12.0. The Morgan fingerprint density at radius 2 is 0.673 bits per heavy atom. The van der Waals surface area contributed by atoms with E-state index in [-0.39, 0.29) is 10.8 Å². The molecule has 0 saturated heterocycles. The van der Waals surface area contributed by atoms with Gasteiger partial charge in [-0.3, -0.25) is 0 Å². The lowest BCUT2D eigenvalue weighted by Crippen LogP contribution is -2.05. The summed E-state index contributed by atoms with van der Waals surface area (Å²) < 4.78 is 99.3. The Kier molecular flexibility index (Phi) is 23.6. The molecule has 15 heteroatoms. The minimum Gasteiger partial charge on any atom is -0.744 e. The first-order valence-electron chi connectivity index (χ1n) is 17.5. The van der Waals surface area contributed by atoms with Gasteiger partial charge in [0.25, 0.3) is 0 Å². The summed E-state index contributed by atoms with van der Waals surface area (Å²) in [7, 11) is -16.4. The molecule has 0 amide bonds. The van der Waals surface area contributed by atoms with Gasteiger partial charge in [-0.25, -0.2) is 25.3 Å². The van der Waals surface area contributed by atoms with E-state index in [0.29, 0.717) is 18.2 Å². The van der Waals surface area contributed by atoms with Gasteiger partial charge in [0.15, 0.2) is 0 Å². The first-order valence-corrected chi connectivity index (χ1v) is 29.3. The van der Waals surface area contributed by atoms with Crippen LogP contribution in [0.5, 0.6) is 0 Å². The van der Waals surface area contributed by atoms with E-state index in [9.17, 15) is 38.9 Å². The minimum absolute atomic E-state index is 0.310. The maximum atomic E-state index is 11.2. The molecule has 0 aromatic heterocycles. The second-order valence-corrected chi connectivity index (χ2v) is 31.7. The van der Waals surface area contributed by atoms with Gasteiger partial charge in [0.2, 0.25) is 0 Å². The summed E-state index contributed by atoms with van der Waals surface area (Å²) >= 11 is 0. The van der Waals surface area contributed by atoms with Gasteiger partial charge in [0.05, 0.1) is 88.6 Å². The van der Waals surface area contributed by atoms with Crippen molar-refractivity contribution in [2.75, 3.05) is 73.9 Å². The van der Waals surface area contributed by atoms with E-state index in [2.05, 4.69) is 83.1 Å². The molecule has 0 atom stereocenters. The predicted molar refractivity (Wildman–Crippen MR) is 215 cm³/mol. The Balaban J connectivity index is 0. The summed E-state index contributed by atoms with van der Waals surface area (Å²) in [5.41, 5.74) is 0. The van der Waals surface area contributed by atoms with Crippen LogP contribution in [0.4, 0.5) is 0 Å². The highest BCUT2D eigenvalue weighted by Crippen LogP contribution is 2.58. The molecule has 0 aliphatic heterocycles. The van der Waals surface area contributed by atoms with E-state index >= 15 is 0 Å². The summed E-state index contributed by atoms with van der Waals surface area (Å²) in [6, 6.07) is 3.39. The van der Waals surface area contributed by atoms with Crippen molar-refractivity contribution in [2.45, 2.75) is 97.8 Å². The van der Waals surface area contributed by atoms with Gasteiger partial charge in [-0.05, 0) is 118 Å². The quantitative estimate of drug-likeness (QED) is 0.126. The van der Waals surface area contributed by atoms with Gasteiger partial charge in [0, 0.05) is 21.8 Å². The molecule has 0 spiro atoms. The van der Waals surface area contributed by atoms with E-state index in [1.165, 1.54) is 73.9 Å². The summed E-state index contributed by atoms with van der Waals surface area (Å²) in [5.74, 6) is 0. The summed E-state index contributed by atoms with van der Waals surface area (Å²) in [4.78, 5) is -2.81. The van der Waals surface area contributed by atoms with Crippen LogP contribution in [0.3, 0.4) is 0 Å². The third-order valence-corrected chi connectivity index (χ3v) is 29.4. The molecular weight excluding hydrogens is 741 g/mol. The summed E-state index contributed by atoms with van der Waals surface area (Å²) in [6.45, 7) is 28.2. The van der Waals surface area contributed by atoms with E-state index in [4.69, 9.17) is 0 Å². The Morgan fingerprint density at radius 3 is 0.878 bits per heavy atom. The smallest absolute Gasteiger partial charge is 0.125 e. The van der Waals surface area contributed by atoms with Crippen LogP contribution < -0.4 is 0 Å². The topological polar surface area (TPSA) is 172 Å². The molecule has 0 bridgehead atoms. The fourth-order valence-corrected chi connectivity index (χ4v) is 15.7. The van der Waals surface area contributed by atoms with Crippen LogP contribution in [-0.2, 0) is 30.4 Å². The molecule has 0 unspecified atom stereocenters. The van der Waals surface area contributed by atoms with Crippen molar-refractivity contribution in [3.05, 3.63) is 30.3 Å². The normalized spacial score (nSPS) is 12.6. The van der Waals surface area contributed by atoms with Crippen LogP contribution >= 0.6 is 21.8 Å². The molecule has 2 aromatic rings. The van der Waals surface area contributed by atoms with Gasteiger partial charge < -0.3 is 13.7 Å². The standard InChI is InChI=1S/C10H8O9S3.3C8H20P/c11-20(12,13)7-1-2-9-6(3-7)4-8(21(14,15)16)5-10(9)22(17,18)19;3*1-5-9(6-2,7-3)8-4/h1-5H,(H,11,12,13)(H,14,15,16)(H,17,18,19);3*5-8H2,1-4H3/q;3*+1/p-3. The minimum atomic E-state index is -5.14. The molecule has 0 heterocycles. The molecule has 288 valence electrons. The van der Waals surface area contributed by atoms with Crippen LogP contribution in [0.2, 0.25) is 0 Å². The molecule has 2 aromatic carbocycles. The maximum absolute atomic E-state index is 11.2. The lowest BCUT2D eigenvalue weighted by molar-refractivity contribution is 0.460. The number of rotatable bonds is 15. The molecule has 0 fully saturated rings. The number of fused-ring (bicyclic) bond motifs is 1. The van der Waals surface area contributed by atoms with Crippen molar-refractivity contribution >= 4 is 62.9 Å². The van der Waals surface area contributed by atoms with Gasteiger partial charge >= 0.3 is 0 Å². The van der Waals surface area contributed by atoms with Crippen LogP contribution in [0.15, 0.2) is 45.0 Å². The van der Waals surface area contributed by atoms with Crippen molar-refractivity contribution in [2.24, 2.45) is 0 Å². The van der Waals surface area contributed by atoms with Gasteiger partial charge in [-0.2, -0.15) is 0 Å². The van der Waals surface area contributed by atoms with Crippen LogP contribution in [-0.4, -0.2) is 113 Å². The van der Waals surface area contributed by atoms with E-state index < -0.39 is 66.8 Å². The van der Waals surface area contributed by atoms with E-state index in [1.54, 1.807) is 0 Å². The largest absolute Gasteiger partial charge is 0.744 e. The molecule has 0 saturated carbocycles. The molecule has 2 rings (SSSR count). The lowest BCUT2D eigenvalue weighted by Gasteiger charge is -2.20. The zero-order chi connectivity index (χ0) is 38.9. The number of hydrogen-bond acceptors (Lipinski definition) is 9. The van der Waals surface area contributed by atoms with Crippen molar-refractivity contribution < 1.29 is 38.9 Å². The molecule has 0 aliphatic rings. The van der Waals surface area contributed by atoms with Gasteiger partial charge in [-0.1, -0.05) is 6.07 Å². The highest BCUT2D eigenvalue weighted by Gasteiger charge is 2.29.